The van der Waals surface area contributed by atoms with Crippen molar-refractivity contribution in [3.05, 3.63) is 96.1 Å². The lowest BCUT2D eigenvalue weighted by molar-refractivity contribution is 0.768. The van der Waals surface area contributed by atoms with Crippen molar-refractivity contribution in [2.75, 3.05) is 0 Å². The third-order valence-electron chi connectivity index (χ3n) is 4.89. The van der Waals surface area contributed by atoms with Crippen molar-refractivity contribution in [1.29, 1.82) is 0 Å². The Morgan fingerprint density at radius 3 is 1.88 bits per heavy atom. The molecule has 3 aromatic carbocycles. The Labute approximate surface area is 157 Å². The zero-order valence-corrected chi connectivity index (χ0v) is 18.0. The minimum Gasteiger partial charge on any atom is -0.0669 e. The third kappa shape index (κ3) is 6.15. The number of aryl methyl sites for hydroxylation is 2. The Morgan fingerprint density at radius 1 is 0.720 bits per heavy atom. The molecule has 3 aromatic rings. The van der Waals surface area contributed by atoms with E-state index >= 15 is 0 Å². The first-order chi connectivity index (χ1) is 12.3. The molecule has 128 valence electrons. The summed E-state index contributed by atoms with van der Waals surface area (Å²) < 4.78 is 0. The number of rotatable bonds is 8. The van der Waals surface area contributed by atoms with Crippen LogP contribution < -0.4 is 10.4 Å². The topological polar surface area (TPSA) is 0 Å². The molecule has 0 amide bonds. The van der Waals surface area contributed by atoms with E-state index in [1.807, 2.05) is 0 Å². The normalized spacial score (nSPS) is 13.0. The number of hydrogen-bond acceptors (Lipinski definition) is 0. The lowest BCUT2D eigenvalue weighted by Gasteiger charge is -2.16. The Kier molecular flexibility index (Phi) is 6.83. The monoisotopic (exact) mass is 360 g/mol. The van der Waals surface area contributed by atoms with E-state index in [-0.39, 0.29) is 19.0 Å². The summed E-state index contributed by atoms with van der Waals surface area (Å²) in [5.41, 5.74) is 2.88. The zero-order chi connectivity index (χ0) is 17.3. The fraction of sp³-hybridized carbons (Fsp3) is 0.217. The Morgan fingerprint density at radius 2 is 1.32 bits per heavy atom. The standard InChI is InChI=1S/C23H28Si2/c1-19-10-8-11-20(18-19)12-9-17-23(24-21-13-4-2-5-14-21)25-22-15-6-3-7-16-22/h2-8,10-11,13-16,18,23H,9,12,17,24-25H2,1H3. The zero-order valence-electron chi connectivity index (χ0n) is 15.2. The molecule has 0 unspecified atom stereocenters. The second-order valence-electron chi connectivity index (χ2n) is 7.13. The molecule has 25 heavy (non-hydrogen) atoms. The van der Waals surface area contributed by atoms with Gasteiger partial charge in [-0.2, -0.15) is 0 Å². The molecule has 0 aliphatic carbocycles. The second-order valence-corrected chi connectivity index (χ2v) is 13.0. The molecule has 0 saturated carbocycles. The van der Waals surface area contributed by atoms with E-state index in [4.69, 9.17) is 0 Å². The van der Waals surface area contributed by atoms with Gasteiger partial charge in [-0.25, -0.2) is 0 Å². The summed E-state index contributed by atoms with van der Waals surface area (Å²) in [6.07, 6.45) is 3.95. The lowest BCUT2D eigenvalue weighted by atomic mass is 10.1. The van der Waals surface area contributed by atoms with E-state index in [1.54, 1.807) is 10.4 Å². The molecule has 3 rings (SSSR count). The summed E-state index contributed by atoms with van der Waals surface area (Å²) in [6, 6.07) is 31.5. The molecule has 0 fully saturated rings. The van der Waals surface area contributed by atoms with Crippen LogP contribution >= 0.6 is 0 Å². The molecular weight excluding hydrogens is 332 g/mol. The SMILES string of the molecule is Cc1cccc(CCCC([SiH2]c2ccccc2)[SiH2]c2ccccc2)c1. The third-order valence-corrected chi connectivity index (χ3v) is 10.5. The minimum atomic E-state index is -0.187. The summed E-state index contributed by atoms with van der Waals surface area (Å²) in [7, 11) is -0.375. The van der Waals surface area contributed by atoms with Gasteiger partial charge in [0.05, 0.1) is 19.0 Å². The molecule has 0 saturated heterocycles. The molecule has 0 aliphatic heterocycles. The Balaban J connectivity index is 1.61. The van der Waals surface area contributed by atoms with Crippen molar-refractivity contribution in [1.82, 2.24) is 0 Å². The first kappa shape index (κ1) is 17.9. The molecule has 0 N–H and O–H groups in total. The van der Waals surface area contributed by atoms with Gasteiger partial charge in [0.15, 0.2) is 0 Å². The van der Waals surface area contributed by atoms with Gasteiger partial charge in [0.2, 0.25) is 0 Å². The highest BCUT2D eigenvalue weighted by Gasteiger charge is 2.12. The number of benzene rings is 3. The van der Waals surface area contributed by atoms with Crippen molar-refractivity contribution in [2.45, 2.75) is 31.4 Å². The lowest BCUT2D eigenvalue weighted by Crippen LogP contribution is -2.29. The smallest absolute Gasteiger partial charge is 0.0550 e. The highest BCUT2D eigenvalue weighted by atomic mass is 28.3. The minimum absolute atomic E-state index is 0.187. The van der Waals surface area contributed by atoms with E-state index in [2.05, 4.69) is 91.9 Å². The van der Waals surface area contributed by atoms with Crippen LogP contribution in [0, 0.1) is 6.92 Å². The molecule has 0 radical (unpaired) electrons. The van der Waals surface area contributed by atoms with Crippen LogP contribution in [0.3, 0.4) is 0 Å². The van der Waals surface area contributed by atoms with Gasteiger partial charge in [0, 0.05) is 0 Å². The quantitative estimate of drug-likeness (QED) is 0.542. The van der Waals surface area contributed by atoms with Crippen molar-refractivity contribution in [3.63, 3.8) is 0 Å². The van der Waals surface area contributed by atoms with Crippen LogP contribution in [-0.2, 0) is 6.42 Å². The molecule has 0 aliphatic rings. The van der Waals surface area contributed by atoms with Gasteiger partial charge in [-0.1, -0.05) is 112 Å². The molecule has 0 bridgehead atoms. The molecular formula is C23H28Si2. The van der Waals surface area contributed by atoms with Crippen LogP contribution in [0.25, 0.3) is 0 Å². The van der Waals surface area contributed by atoms with Gasteiger partial charge in [0.25, 0.3) is 0 Å². The summed E-state index contributed by atoms with van der Waals surface area (Å²) in [6.45, 7) is 2.19. The molecule has 0 spiro atoms. The van der Waals surface area contributed by atoms with Crippen molar-refractivity contribution in [2.24, 2.45) is 0 Å². The summed E-state index contributed by atoms with van der Waals surface area (Å²) in [5, 5.41) is 4.24. The molecule has 2 heteroatoms. The maximum absolute atomic E-state index is 2.35. The van der Waals surface area contributed by atoms with Gasteiger partial charge in [0.1, 0.15) is 0 Å². The molecule has 0 heterocycles. The predicted octanol–water partition coefficient (Wildman–Crippen LogP) is 3.05. The summed E-state index contributed by atoms with van der Waals surface area (Å²) in [5.74, 6) is 0. The van der Waals surface area contributed by atoms with E-state index < -0.39 is 0 Å². The molecule has 0 aromatic heterocycles. The van der Waals surface area contributed by atoms with E-state index in [0.29, 0.717) is 0 Å². The fourth-order valence-corrected chi connectivity index (χ4v) is 9.62. The summed E-state index contributed by atoms with van der Waals surface area (Å²) in [4.78, 5) is 0. The maximum Gasteiger partial charge on any atom is 0.0550 e. The van der Waals surface area contributed by atoms with E-state index in [1.165, 1.54) is 30.4 Å². The van der Waals surface area contributed by atoms with Crippen molar-refractivity contribution >= 4 is 29.4 Å². The summed E-state index contributed by atoms with van der Waals surface area (Å²) >= 11 is 0. The highest BCUT2D eigenvalue weighted by Crippen LogP contribution is 2.15. The van der Waals surface area contributed by atoms with Crippen molar-refractivity contribution < 1.29 is 0 Å². The molecule has 0 atom stereocenters. The van der Waals surface area contributed by atoms with Crippen LogP contribution in [0.15, 0.2) is 84.9 Å². The van der Waals surface area contributed by atoms with E-state index in [9.17, 15) is 0 Å². The first-order valence-electron chi connectivity index (χ1n) is 9.43. The van der Waals surface area contributed by atoms with E-state index in [0.717, 1.165) is 5.16 Å². The fourth-order valence-electron chi connectivity index (χ4n) is 3.63. The number of hydrogen-bond donors (Lipinski definition) is 0. The van der Waals surface area contributed by atoms with Crippen LogP contribution in [0.4, 0.5) is 0 Å². The largest absolute Gasteiger partial charge is 0.0669 e. The van der Waals surface area contributed by atoms with Gasteiger partial charge < -0.3 is 0 Å². The first-order valence-corrected chi connectivity index (χ1v) is 12.5. The van der Waals surface area contributed by atoms with Crippen molar-refractivity contribution in [3.8, 4) is 0 Å². The van der Waals surface area contributed by atoms with Gasteiger partial charge in [-0.05, 0) is 25.3 Å². The average Bonchev–Trinajstić information content (AvgIpc) is 2.63. The predicted molar refractivity (Wildman–Crippen MR) is 117 cm³/mol. The van der Waals surface area contributed by atoms with Gasteiger partial charge >= 0.3 is 0 Å². The molecule has 0 nitrogen and oxygen atoms in total. The maximum atomic E-state index is 2.35. The Hall–Kier alpha value is -1.91. The second kappa shape index (κ2) is 9.54. The van der Waals surface area contributed by atoms with Gasteiger partial charge in [-0.3, -0.25) is 0 Å². The van der Waals surface area contributed by atoms with Crippen LogP contribution in [0.2, 0.25) is 5.16 Å². The Bertz CT molecular complexity index is 712. The van der Waals surface area contributed by atoms with Gasteiger partial charge in [-0.15, -0.1) is 0 Å². The average molecular weight is 361 g/mol. The highest BCUT2D eigenvalue weighted by molar-refractivity contribution is 6.73. The van der Waals surface area contributed by atoms with Crippen LogP contribution in [0.5, 0.6) is 0 Å². The van der Waals surface area contributed by atoms with Crippen LogP contribution in [0.1, 0.15) is 24.0 Å². The van der Waals surface area contributed by atoms with Crippen LogP contribution in [-0.4, -0.2) is 19.0 Å².